The maximum atomic E-state index is 5.67. The Morgan fingerprint density at radius 3 is 2.52 bits per heavy atom. The molecule has 122 valence electrons. The lowest BCUT2D eigenvalue weighted by molar-refractivity contribution is 0.192. The minimum Gasteiger partial charge on any atom is -0.493 e. The fourth-order valence-electron chi connectivity index (χ4n) is 3.15. The zero-order valence-electron chi connectivity index (χ0n) is 13.7. The molecular formula is C18H23N3O2. The molecule has 2 heterocycles. The summed E-state index contributed by atoms with van der Waals surface area (Å²) < 4.78 is 11.1. The van der Waals surface area contributed by atoms with Crippen molar-refractivity contribution in [3.63, 3.8) is 0 Å². The van der Waals surface area contributed by atoms with Crippen LogP contribution in [0.1, 0.15) is 17.3 Å². The van der Waals surface area contributed by atoms with E-state index in [1.165, 1.54) is 0 Å². The molecule has 1 aliphatic heterocycles. The largest absolute Gasteiger partial charge is 0.493 e. The van der Waals surface area contributed by atoms with Gasteiger partial charge in [-0.05, 0) is 18.2 Å². The van der Waals surface area contributed by atoms with Crippen LogP contribution in [0.2, 0.25) is 0 Å². The maximum Gasteiger partial charge on any atom is 0.165 e. The number of ether oxygens (including phenoxy) is 2. The van der Waals surface area contributed by atoms with Gasteiger partial charge >= 0.3 is 0 Å². The fraction of sp³-hybridized carbons (Fsp3) is 0.389. The molecule has 1 unspecified atom stereocenters. The lowest BCUT2D eigenvalue weighted by atomic mass is 9.99. The van der Waals surface area contributed by atoms with Crippen LogP contribution >= 0.6 is 0 Å². The molecule has 1 aromatic heterocycles. The van der Waals surface area contributed by atoms with Crippen molar-refractivity contribution in [3.8, 4) is 11.5 Å². The lowest BCUT2D eigenvalue weighted by Gasteiger charge is -2.35. The highest BCUT2D eigenvalue weighted by atomic mass is 16.5. The van der Waals surface area contributed by atoms with Crippen LogP contribution in [-0.4, -0.2) is 50.3 Å². The van der Waals surface area contributed by atoms with Gasteiger partial charge < -0.3 is 14.8 Å². The first-order chi connectivity index (χ1) is 11.3. The average molecular weight is 313 g/mol. The van der Waals surface area contributed by atoms with Gasteiger partial charge in [-0.3, -0.25) is 9.88 Å². The Morgan fingerprint density at radius 2 is 1.87 bits per heavy atom. The summed E-state index contributed by atoms with van der Waals surface area (Å²) in [5.74, 6) is 1.53. The lowest BCUT2D eigenvalue weighted by Crippen LogP contribution is -2.45. The summed E-state index contributed by atoms with van der Waals surface area (Å²) in [5, 5.41) is 3.41. The second-order valence-corrected chi connectivity index (χ2v) is 5.53. The van der Waals surface area contributed by atoms with Crippen LogP contribution in [0.25, 0.3) is 0 Å². The Labute approximate surface area is 137 Å². The molecular weight excluding hydrogens is 290 g/mol. The van der Waals surface area contributed by atoms with E-state index < -0.39 is 0 Å². The van der Waals surface area contributed by atoms with E-state index >= 15 is 0 Å². The number of para-hydroxylation sites is 1. The zero-order valence-corrected chi connectivity index (χ0v) is 13.7. The summed E-state index contributed by atoms with van der Waals surface area (Å²) in [5.41, 5.74) is 2.12. The third-order valence-electron chi connectivity index (χ3n) is 4.21. The first-order valence-electron chi connectivity index (χ1n) is 7.91. The van der Waals surface area contributed by atoms with Crippen LogP contribution in [0.3, 0.4) is 0 Å². The van der Waals surface area contributed by atoms with Gasteiger partial charge in [0.1, 0.15) is 0 Å². The van der Waals surface area contributed by atoms with E-state index in [4.69, 9.17) is 9.47 Å². The number of pyridine rings is 1. The molecule has 2 aromatic rings. The van der Waals surface area contributed by atoms with E-state index in [9.17, 15) is 0 Å². The molecule has 3 rings (SSSR count). The Hall–Kier alpha value is -2.11. The van der Waals surface area contributed by atoms with E-state index in [0.717, 1.165) is 48.9 Å². The summed E-state index contributed by atoms with van der Waals surface area (Å²) >= 11 is 0. The van der Waals surface area contributed by atoms with Crippen molar-refractivity contribution < 1.29 is 9.47 Å². The summed E-state index contributed by atoms with van der Waals surface area (Å²) in [6.45, 7) is 3.91. The first-order valence-corrected chi connectivity index (χ1v) is 7.91. The van der Waals surface area contributed by atoms with Gasteiger partial charge in [-0.2, -0.15) is 0 Å². The molecule has 0 spiro atoms. The minimum atomic E-state index is 0.0587. The van der Waals surface area contributed by atoms with Crippen LogP contribution < -0.4 is 14.8 Å². The van der Waals surface area contributed by atoms with Crippen molar-refractivity contribution >= 4 is 0 Å². The Bertz CT molecular complexity index is 627. The van der Waals surface area contributed by atoms with Crippen LogP contribution in [0.15, 0.2) is 42.6 Å². The number of rotatable bonds is 5. The van der Waals surface area contributed by atoms with Crippen molar-refractivity contribution in [2.75, 3.05) is 40.4 Å². The molecule has 1 atom stereocenters. The predicted octanol–water partition coefficient (Wildman–Crippen LogP) is 2.09. The second kappa shape index (κ2) is 7.44. The molecule has 1 fully saturated rings. The van der Waals surface area contributed by atoms with E-state index in [-0.39, 0.29) is 6.04 Å². The highest BCUT2D eigenvalue weighted by Crippen LogP contribution is 2.39. The van der Waals surface area contributed by atoms with Crippen molar-refractivity contribution in [2.24, 2.45) is 0 Å². The Balaban J connectivity index is 2.08. The van der Waals surface area contributed by atoms with Gasteiger partial charge in [0.05, 0.1) is 26.0 Å². The molecule has 1 N–H and O–H groups in total. The number of hydrogen-bond donors (Lipinski definition) is 1. The molecule has 0 bridgehead atoms. The van der Waals surface area contributed by atoms with Crippen LogP contribution in [-0.2, 0) is 0 Å². The van der Waals surface area contributed by atoms with Crippen molar-refractivity contribution in [1.29, 1.82) is 0 Å². The molecule has 0 aliphatic carbocycles. The van der Waals surface area contributed by atoms with E-state index in [1.54, 1.807) is 14.2 Å². The summed E-state index contributed by atoms with van der Waals surface area (Å²) in [4.78, 5) is 7.04. The molecule has 23 heavy (non-hydrogen) atoms. The van der Waals surface area contributed by atoms with Gasteiger partial charge in [0.15, 0.2) is 11.5 Å². The average Bonchev–Trinajstić information content (AvgIpc) is 2.63. The number of methoxy groups -OCH3 is 2. The third kappa shape index (κ3) is 3.30. The van der Waals surface area contributed by atoms with E-state index in [0.29, 0.717) is 0 Å². The predicted molar refractivity (Wildman–Crippen MR) is 90.1 cm³/mol. The third-order valence-corrected chi connectivity index (χ3v) is 4.21. The molecule has 1 saturated heterocycles. The number of hydrogen-bond acceptors (Lipinski definition) is 5. The topological polar surface area (TPSA) is 46.6 Å². The number of nitrogens with zero attached hydrogens (tertiary/aromatic N) is 2. The van der Waals surface area contributed by atoms with Crippen LogP contribution in [0.4, 0.5) is 0 Å². The molecule has 1 aromatic carbocycles. The quantitative estimate of drug-likeness (QED) is 0.916. The molecule has 0 amide bonds. The van der Waals surface area contributed by atoms with E-state index in [2.05, 4.69) is 27.3 Å². The number of piperazine rings is 1. The second-order valence-electron chi connectivity index (χ2n) is 5.53. The smallest absolute Gasteiger partial charge is 0.165 e. The minimum absolute atomic E-state index is 0.0587. The van der Waals surface area contributed by atoms with Gasteiger partial charge in [-0.25, -0.2) is 0 Å². The summed E-state index contributed by atoms with van der Waals surface area (Å²) in [6.07, 6.45) is 1.84. The molecule has 5 nitrogen and oxygen atoms in total. The molecule has 1 aliphatic rings. The summed E-state index contributed by atoms with van der Waals surface area (Å²) in [7, 11) is 3.36. The monoisotopic (exact) mass is 313 g/mol. The van der Waals surface area contributed by atoms with Gasteiger partial charge in [0, 0.05) is 37.9 Å². The number of benzene rings is 1. The van der Waals surface area contributed by atoms with Crippen molar-refractivity contribution in [1.82, 2.24) is 15.2 Å². The van der Waals surface area contributed by atoms with Gasteiger partial charge in [-0.1, -0.05) is 18.2 Å². The fourth-order valence-corrected chi connectivity index (χ4v) is 3.15. The van der Waals surface area contributed by atoms with Gasteiger partial charge in [-0.15, -0.1) is 0 Å². The first kappa shape index (κ1) is 15.8. The number of nitrogens with one attached hydrogen (secondary N) is 1. The SMILES string of the molecule is COc1cccc(C(c2ccccn2)N2CCNCC2)c1OC. The van der Waals surface area contributed by atoms with Gasteiger partial charge in [0.2, 0.25) is 0 Å². The standard InChI is InChI=1S/C18H23N3O2/c1-22-16-8-5-6-14(18(16)23-2)17(15-7-3-4-9-20-15)21-12-10-19-11-13-21/h3-9,17,19H,10-13H2,1-2H3. The van der Waals surface area contributed by atoms with Crippen LogP contribution in [0, 0.1) is 0 Å². The van der Waals surface area contributed by atoms with Crippen molar-refractivity contribution in [3.05, 3.63) is 53.9 Å². The van der Waals surface area contributed by atoms with Gasteiger partial charge in [0.25, 0.3) is 0 Å². The van der Waals surface area contributed by atoms with E-state index in [1.807, 2.05) is 30.5 Å². The highest BCUT2D eigenvalue weighted by molar-refractivity contribution is 5.50. The Morgan fingerprint density at radius 1 is 1.04 bits per heavy atom. The van der Waals surface area contributed by atoms with Crippen molar-refractivity contribution in [2.45, 2.75) is 6.04 Å². The molecule has 0 radical (unpaired) electrons. The zero-order chi connectivity index (χ0) is 16.1. The molecule has 5 heteroatoms. The van der Waals surface area contributed by atoms with Crippen LogP contribution in [0.5, 0.6) is 11.5 Å². The normalized spacial score (nSPS) is 16.8. The summed E-state index contributed by atoms with van der Waals surface area (Å²) in [6, 6.07) is 12.1. The Kier molecular flexibility index (Phi) is 5.10. The highest BCUT2D eigenvalue weighted by Gasteiger charge is 2.28. The maximum absolute atomic E-state index is 5.67. The molecule has 0 saturated carbocycles. The number of aromatic nitrogens is 1.